The molecule has 0 aliphatic heterocycles. The fourth-order valence-corrected chi connectivity index (χ4v) is 0. The smallest absolute Gasteiger partial charge is 0.870 e. The zero-order valence-corrected chi connectivity index (χ0v) is 9.47. The van der Waals surface area contributed by atoms with Gasteiger partial charge in [-0.1, -0.05) is 0 Å². The van der Waals surface area contributed by atoms with Crippen molar-refractivity contribution in [3.05, 3.63) is 0 Å². The van der Waals surface area contributed by atoms with Gasteiger partial charge in [0.25, 0.3) is 0 Å². The van der Waals surface area contributed by atoms with Gasteiger partial charge in [0, 0.05) is 0 Å². The predicted octanol–water partition coefficient (Wildman–Crippen LogP) is -8.06. The Morgan fingerprint density at radius 1 is 1.12 bits per heavy atom. The van der Waals surface area contributed by atoms with Crippen molar-refractivity contribution in [2.75, 3.05) is 0 Å². The molecule has 0 aliphatic carbocycles. The summed E-state index contributed by atoms with van der Waals surface area (Å²) in [5.74, 6) is 0. The third-order valence-corrected chi connectivity index (χ3v) is 0. The van der Waals surface area contributed by atoms with Gasteiger partial charge >= 0.3 is 68.7 Å². The predicted molar refractivity (Wildman–Crippen MR) is 15.7 cm³/mol. The van der Waals surface area contributed by atoms with Gasteiger partial charge in [-0.15, -0.1) is 9.05 Å². The van der Waals surface area contributed by atoms with E-state index in [1.165, 1.54) is 0 Å². The van der Waals surface area contributed by atoms with E-state index in [0.717, 1.165) is 0 Å². The molecule has 8 heavy (non-hydrogen) atoms. The van der Waals surface area contributed by atoms with E-state index in [2.05, 4.69) is 0 Å². The second-order valence-corrected chi connectivity index (χ2v) is 1.57. The minimum atomic E-state index is -5.36. The Hall–Kier alpha value is 2.19. The van der Waals surface area contributed by atoms with Crippen LogP contribution in [0, 0.1) is 0 Å². The van der Waals surface area contributed by atoms with E-state index >= 15 is 0 Å². The minimum absolute atomic E-state index is 0. The molecule has 0 unspecified atom stereocenters. The van der Waals surface area contributed by atoms with Gasteiger partial charge < -0.3 is 24.7 Å². The average Bonchev–Trinajstić information content (AvgIpc) is 0.722. The summed E-state index contributed by atoms with van der Waals surface area (Å²) >= 11 is 0. The monoisotopic (exact) mass is 176 g/mol. The van der Waals surface area contributed by atoms with Crippen molar-refractivity contribution in [2.24, 2.45) is 0 Å². The molecule has 0 rings (SSSR count). The number of hydrogen-bond donors (Lipinski definition) is 1. The third kappa shape index (κ3) is 88.5. The van der Waals surface area contributed by atoms with Crippen LogP contribution in [0.15, 0.2) is 0 Å². The molecule has 0 saturated heterocycles. The van der Waals surface area contributed by atoms with Gasteiger partial charge in [0.2, 0.25) is 0 Å². The molecule has 0 saturated carbocycles. The maximum Gasteiger partial charge on any atom is 3.00 e. The van der Waals surface area contributed by atoms with Crippen LogP contribution in [0.25, 0.3) is 0 Å². The SMILES string of the molecule is [Al+3].[K+].[O-][Si]([O-])([O-])O.[OH-]. The van der Waals surface area contributed by atoms with Crippen molar-refractivity contribution in [2.45, 2.75) is 0 Å². The van der Waals surface area contributed by atoms with Crippen molar-refractivity contribution in [1.29, 1.82) is 0 Å². The molecule has 0 heterocycles. The molecule has 0 aromatic carbocycles. The summed E-state index contributed by atoms with van der Waals surface area (Å²) < 4.78 is 0. The van der Waals surface area contributed by atoms with Crippen molar-refractivity contribution in [3.63, 3.8) is 0 Å². The van der Waals surface area contributed by atoms with E-state index in [1.807, 2.05) is 0 Å². The van der Waals surface area contributed by atoms with Crippen molar-refractivity contribution in [1.82, 2.24) is 0 Å². The van der Waals surface area contributed by atoms with Gasteiger partial charge in [-0.05, 0) is 0 Å². The molecule has 40 valence electrons. The molecule has 0 fully saturated rings. The van der Waals surface area contributed by atoms with E-state index in [9.17, 15) is 0 Å². The van der Waals surface area contributed by atoms with Crippen LogP contribution in [0.2, 0.25) is 0 Å². The summed E-state index contributed by atoms with van der Waals surface area (Å²) in [6.45, 7) is 0. The van der Waals surface area contributed by atoms with Crippen molar-refractivity contribution in [3.8, 4) is 0 Å². The van der Waals surface area contributed by atoms with Crippen molar-refractivity contribution >= 4 is 26.4 Å². The van der Waals surface area contributed by atoms with E-state index in [-0.39, 0.29) is 74.2 Å². The van der Waals surface area contributed by atoms with Gasteiger partial charge in [0.05, 0.1) is 0 Å². The maximum absolute atomic E-state index is 8.69. The molecule has 0 radical (unpaired) electrons. The zero-order valence-electron chi connectivity index (χ0n) is 4.20. The van der Waals surface area contributed by atoms with Gasteiger partial charge in [0.1, 0.15) is 0 Å². The normalized spacial score (nSPS) is 7.50. The van der Waals surface area contributed by atoms with Crippen LogP contribution in [0.1, 0.15) is 0 Å². The number of hydrogen-bond acceptors (Lipinski definition) is 5. The largest absolute Gasteiger partial charge is 3.00 e. The minimum Gasteiger partial charge on any atom is -0.870 e. The van der Waals surface area contributed by atoms with Crippen LogP contribution in [0.4, 0.5) is 0 Å². The van der Waals surface area contributed by atoms with E-state index < -0.39 is 9.05 Å². The Bertz CT molecular complexity index is 27.9. The first-order valence-corrected chi connectivity index (χ1v) is 2.51. The zero-order chi connectivity index (χ0) is 4.50. The van der Waals surface area contributed by atoms with Crippen LogP contribution in [-0.2, 0) is 0 Å². The van der Waals surface area contributed by atoms with Crippen LogP contribution >= 0.6 is 0 Å². The van der Waals surface area contributed by atoms with E-state index in [1.54, 1.807) is 0 Å². The van der Waals surface area contributed by atoms with Gasteiger partial charge in [-0.25, -0.2) is 0 Å². The molecular formula is H2AlKO5Si. The summed E-state index contributed by atoms with van der Waals surface area (Å²) in [7, 11) is -5.36. The van der Waals surface area contributed by atoms with Gasteiger partial charge in [0.15, 0.2) is 0 Å². The summed E-state index contributed by atoms with van der Waals surface area (Å²) in [6.07, 6.45) is 0. The molecule has 0 spiro atoms. The summed E-state index contributed by atoms with van der Waals surface area (Å²) in [5, 5.41) is 0. The van der Waals surface area contributed by atoms with Gasteiger partial charge in [-0.3, -0.25) is 0 Å². The fraction of sp³-hybridized carbons (Fsp3) is 0. The second kappa shape index (κ2) is 9.19. The maximum atomic E-state index is 8.69. The summed E-state index contributed by atoms with van der Waals surface area (Å²) in [6, 6.07) is 0. The molecular weight excluding hydrogens is 174 g/mol. The summed E-state index contributed by atoms with van der Waals surface area (Å²) in [5.41, 5.74) is 0. The Morgan fingerprint density at radius 2 is 1.12 bits per heavy atom. The van der Waals surface area contributed by atoms with Crippen LogP contribution in [0.5, 0.6) is 0 Å². The van der Waals surface area contributed by atoms with Crippen molar-refractivity contribution < 1.29 is 76.0 Å². The first-order chi connectivity index (χ1) is 2.00. The van der Waals surface area contributed by atoms with E-state index in [4.69, 9.17) is 19.2 Å². The molecule has 0 aliphatic rings. The molecule has 8 heteroatoms. The number of rotatable bonds is 0. The second-order valence-electron chi connectivity index (χ2n) is 0.524. The average molecular weight is 176 g/mol. The Kier molecular flexibility index (Phi) is 25.8. The first-order valence-electron chi connectivity index (χ1n) is 0.836. The van der Waals surface area contributed by atoms with Crippen LogP contribution in [-0.4, -0.2) is 36.7 Å². The molecule has 0 aromatic rings. The fourth-order valence-electron chi connectivity index (χ4n) is 0. The molecule has 0 amide bonds. The Morgan fingerprint density at radius 3 is 1.12 bits per heavy atom. The third-order valence-electron chi connectivity index (χ3n) is 0. The molecule has 2 N–H and O–H groups in total. The quantitative estimate of drug-likeness (QED) is 0.367. The summed E-state index contributed by atoms with van der Waals surface area (Å²) in [4.78, 5) is 33.1. The van der Waals surface area contributed by atoms with Crippen LogP contribution in [0.3, 0.4) is 0 Å². The first kappa shape index (κ1) is 22.5. The topological polar surface area (TPSA) is 119 Å². The standard InChI is InChI=1S/Al.K.HO4Si.H2O/c;;1-5(2,3)4;/h;;1H;1H2/q+3;+1;-3;/p-1. The Balaban J connectivity index is -0.0000000267. The Labute approximate surface area is 101 Å². The van der Waals surface area contributed by atoms with Crippen LogP contribution < -0.4 is 65.8 Å². The molecule has 0 atom stereocenters. The molecule has 0 aromatic heterocycles. The molecule has 5 nitrogen and oxygen atoms in total. The molecule has 0 bridgehead atoms. The van der Waals surface area contributed by atoms with Gasteiger partial charge in [-0.2, -0.15) is 0 Å². The van der Waals surface area contributed by atoms with E-state index in [0.29, 0.717) is 0 Å².